The van der Waals surface area contributed by atoms with Crippen molar-refractivity contribution in [1.82, 2.24) is 15.6 Å². The minimum Gasteiger partial charge on any atom is -0.465 e. The van der Waals surface area contributed by atoms with E-state index in [1.165, 1.54) is 6.07 Å². The molecule has 0 saturated heterocycles. The topological polar surface area (TPSA) is 91.3 Å². The van der Waals surface area contributed by atoms with Crippen LogP contribution in [0.2, 0.25) is 0 Å². The highest BCUT2D eigenvalue weighted by Gasteiger charge is 2.31. The molecule has 2 rings (SSSR count). The van der Waals surface area contributed by atoms with E-state index in [-0.39, 0.29) is 24.4 Å². The first kappa shape index (κ1) is 18.0. The molecular formula is C15H18F3N3O3. The van der Waals surface area contributed by atoms with Gasteiger partial charge in [0.15, 0.2) is 0 Å². The molecule has 1 aromatic rings. The molecule has 0 atom stereocenters. The molecule has 1 aliphatic rings. The molecule has 0 aromatic carbocycles. The molecule has 0 spiro atoms. The number of alkyl halides is 3. The smallest absolute Gasteiger partial charge is 0.417 e. The van der Waals surface area contributed by atoms with Crippen molar-refractivity contribution in [2.24, 2.45) is 5.92 Å². The lowest BCUT2D eigenvalue weighted by atomic mass is 9.85. The molecule has 6 nitrogen and oxygen atoms in total. The molecule has 1 saturated carbocycles. The first-order chi connectivity index (χ1) is 11.3. The lowest BCUT2D eigenvalue weighted by Crippen LogP contribution is -2.40. The maximum absolute atomic E-state index is 12.4. The predicted octanol–water partition coefficient (Wildman–Crippen LogP) is 2.54. The largest absolute Gasteiger partial charge is 0.465 e. The maximum atomic E-state index is 12.4. The zero-order valence-electron chi connectivity index (χ0n) is 12.8. The Labute approximate surface area is 136 Å². The summed E-state index contributed by atoms with van der Waals surface area (Å²) in [4.78, 5) is 26.3. The fraction of sp³-hybridized carbons (Fsp3) is 0.533. The Hall–Kier alpha value is -2.32. The predicted molar refractivity (Wildman–Crippen MR) is 78.0 cm³/mol. The molecule has 1 aromatic heterocycles. The Kier molecular flexibility index (Phi) is 5.63. The zero-order chi connectivity index (χ0) is 17.7. The third-order valence-electron chi connectivity index (χ3n) is 4.02. The summed E-state index contributed by atoms with van der Waals surface area (Å²) >= 11 is 0. The molecule has 24 heavy (non-hydrogen) atoms. The molecule has 0 aliphatic heterocycles. The molecule has 0 unspecified atom stereocenters. The molecule has 1 aliphatic carbocycles. The summed E-state index contributed by atoms with van der Waals surface area (Å²) in [5, 5.41) is 13.7. The van der Waals surface area contributed by atoms with Gasteiger partial charge >= 0.3 is 12.3 Å². The molecular weight excluding hydrogens is 327 g/mol. The standard InChI is InChI=1S/C15H18F3N3O3/c16-15(17,18)10-3-6-12(19-7-10)8-20-13(22)9-1-4-11(5-2-9)21-14(23)24/h3,6-7,9,11,21H,1-2,4-5,8H2,(H,20,22)(H,23,24). The number of amides is 2. The van der Waals surface area contributed by atoms with Gasteiger partial charge in [-0.25, -0.2) is 4.79 Å². The van der Waals surface area contributed by atoms with Crippen molar-refractivity contribution in [2.45, 2.75) is 44.4 Å². The van der Waals surface area contributed by atoms with Crippen LogP contribution >= 0.6 is 0 Å². The highest BCUT2D eigenvalue weighted by molar-refractivity contribution is 5.78. The number of carboxylic acid groups (broad SMARTS) is 1. The van der Waals surface area contributed by atoms with Gasteiger partial charge < -0.3 is 15.7 Å². The SMILES string of the molecule is O=C(O)NC1CCC(C(=O)NCc2ccc(C(F)(F)F)cn2)CC1. The van der Waals surface area contributed by atoms with Gasteiger partial charge in [0, 0.05) is 18.2 Å². The van der Waals surface area contributed by atoms with Crippen LogP contribution < -0.4 is 10.6 Å². The number of pyridine rings is 1. The van der Waals surface area contributed by atoms with E-state index in [1.54, 1.807) is 0 Å². The van der Waals surface area contributed by atoms with Gasteiger partial charge in [-0.1, -0.05) is 0 Å². The first-order valence-electron chi connectivity index (χ1n) is 7.55. The van der Waals surface area contributed by atoms with Gasteiger partial charge in [-0.05, 0) is 37.8 Å². The Balaban J connectivity index is 1.78. The number of halogens is 3. The molecule has 3 N–H and O–H groups in total. The normalized spacial score (nSPS) is 21.1. The van der Waals surface area contributed by atoms with E-state index in [0.717, 1.165) is 12.3 Å². The van der Waals surface area contributed by atoms with Crippen molar-refractivity contribution < 1.29 is 27.9 Å². The third-order valence-corrected chi connectivity index (χ3v) is 4.02. The van der Waals surface area contributed by atoms with Crippen molar-refractivity contribution >= 4 is 12.0 Å². The fourth-order valence-electron chi connectivity index (χ4n) is 2.69. The van der Waals surface area contributed by atoms with Gasteiger partial charge in [0.25, 0.3) is 0 Å². The first-order valence-corrected chi connectivity index (χ1v) is 7.55. The number of nitrogens with zero attached hydrogens (tertiary/aromatic N) is 1. The second-order valence-corrected chi connectivity index (χ2v) is 5.75. The number of nitrogens with one attached hydrogen (secondary N) is 2. The summed E-state index contributed by atoms with van der Waals surface area (Å²) in [6.45, 7) is 0.0598. The average molecular weight is 345 g/mol. The van der Waals surface area contributed by atoms with Crippen LogP contribution in [0.3, 0.4) is 0 Å². The molecule has 0 bridgehead atoms. The van der Waals surface area contributed by atoms with E-state index in [2.05, 4.69) is 15.6 Å². The molecule has 1 fully saturated rings. The Morgan fingerprint density at radius 3 is 2.38 bits per heavy atom. The molecule has 132 valence electrons. The summed E-state index contributed by atoms with van der Waals surface area (Å²) in [5.74, 6) is -0.406. The Bertz CT molecular complexity index is 582. The summed E-state index contributed by atoms with van der Waals surface area (Å²) in [5.41, 5.74) is -0.487. The van der Waals surface area contributed by atoms with Crippen LogP contribution in [-0.4, -0.2) is 28.1 Å². The second kappa shape index (κ2) is 7.50. The number of carbonyl (C=O) groups excluding carboxylic acids is 1. The van der Waals surface area contributed by atoms with Crippen LogP contribution in [0, 0.1) is 5.92 Å². The van der Waals surface area contributed by atoms with E-state index in [1.807, 2.05) is 0 Å². The van der Waals surface area contributed by atoms with Crippen LogP contribution in [0.4, 0.5) is 18.0 Å². The minimum absolute atomic E-state index is 0.0598. The molecule has 0 radical (unpaired) electrons. The fourth-order valence-corrected chi connectivity index (χ4v) is 2.69. The van der Waals surface area contributed by atoms with E-state index in [4.69, 9.17) is 5.11 Å². The Morgan fingerprint density at radius 2 is 1.88 bits per heavy atom. The van der Waals surface area contributed by atoms with Crippen molar-refractivity contribution in [3.8, 4) is 0 Å². The van der Waals surface area contributed by atoms with Gasteiger partial charge in [-0.3, -0.25) is 9.78 Å². The van der Waals surface area contributed by atoms with Gasteiger partial charge in [0.1, 0.15) is 0 Å². The van der Waals surface area contributed by atoms with Crippen molar-refractivity contribution in [1.29, 1.82) is 0 Å². The summed E-state index contributed by atoms with van der Waals surface area (Å²) < 4.78 is 37.3. The second-order valence-electron chi connectivity index (χ2n) is 5.75. The van der Waals surface area contributed by atoms with E-state index >= 15 is 0 Å². The highest BCUT2D eigenvalue weighted by Crippen LogP contribution is 2.28. The van der Waals surface area contributed by atoms with Gasteiger partial charge in [0.2, 0.25) is 5.91 Å². The average Bonchev–Trinajstić information content (AvgIpc) is 2.52. The van der Waals surface area contributed by atoms with Crippen molar-refractivity contribution in [3.63, 3.8) is 0 Å². The van der Waals surface area contributed by atoms with Gasteiger partial charge in [-0.2, -0.15) is 13.2 Å². The van der Waals surface area contributed by atoms with Crippen LogP contribution in [0.15, 0.2) is 18.3 Å². The number of aromatic nitrogens is 1. The quantitative estimate of drug-likeness (QED) is 0.782. The summed E-state index contributed by atoms with van der Waals surface area (Å²) in [7, 11) is 0. The van der Waals surface area contributed by atoms with Gasteiger partial charge in [0.05, 0.1) is 17.8 Å². The Morgan fingerprint density at radius 1 is 1.21 bits per heavy atom. The van der Waals surface area contributed by atoms with Crippen LogP contribution in [0.5, 0.6) is 0 Å². The third kappa shape index (κ3) is 5.10. The van der Waals surface area contributed by atoms with Crippen molar-refractivity contribution in [3.05, 3.63) is 29.6 Å². The number of carbonyl (C=O) groups is 2. The number of hydrogen-bond acceptors (Lipinski definition) is 3. The van der Waals surface area contributed by atoms with Crippen LogP contribution in [0.1, 0.15) is 36.9 Å². The van der Waals surface area contributed by atoms with Crippen LogP contribution in [0.25, 0.3) is 0 Å². The number of hydrogen-bond donors (Lipinski definition) is 3. The number of rotatable bonds is 4. The zero-order valence-corrected chi connectivity index (χ0v) is 12.8. The lowest BCUT2D eigenvalue weighted by Gasteiger charge is -2.27. The van der Waals surface area contributed by atoms with E-state index in [0.29, 0.717) is 31.4 Å². The van der Waals surface area contributed by atoms with E-state index < -0.39 is 17.8 Å². The van der Waals surface area contributed by atoms with Gasteiger partial charge in [-0.15, -0.1) is 0 Å². The monoisotopic (exact) mass is 345 g/mol. The maximum Gasteiger partial charge on any atom is 0.417 e. The highest BCUT2D eigenvalue weighted by atomic mass is 19.4. The van der Waals surface area contributed by atoms with Crippen LogP contribution in [-0.2, 0) is 17.5 Å². The molecule has 1 heterocycles. The molecule has 2 amide bonds. The minimum atomic E-state index is -4.43. The molecule has 9 heteroatoms. The summed E-state index contributed by atoms with van der Waals surface area (Å²) in [6, 6.07) is 2.02. The van der Waals surface area contributed by atoms with Crippen molar-refractivity contribution in [2.75, 3.05) is 0 Å². The van der Waals surface area contributed by atoms with E-state index in [9.17, 15) is 22.8 Å². The lowest BCUT2D eigenvalue weighted by molar-refractivity contribution is -0.137. The summed E-state index contributed by atoms with van der Waals surface area (Å²) in [6.07, 6.45) is -2.46.